The van der Waals surface area contributed by atoms with Gasteiger partial charge in [0, 0.05) is 0 Å². The van der Waals surface area contributed by atoms with Crippen molar-refractivity contribution in [1.29, 1.82) is 0 Å². The van der Waals surface area contributed by atoms with E-state index in [4.69, 9.17) is 4.74 Å². The van der Waals surface area contributed by atoms with Gasteiger partial charge in [0.1, 0.15) is 0 Å². The fraction of sp³-hybridized carbons (Fsp3) is 1.00. The van der Waals surface area contributed by atoms with Crippen molar-refractivity contribution in [2.45, 2.75) is 105 Å². The highest BCUT2D eigenvalue weighted by Crippen LogP contribution is 2.39. The number of ether oxygens (including phenoxy) is 1. The van der Waals surface area contributed by atoms with E-state index >= 15 is 0 Å². The van der Waals surface area contributed by atoms with Gasteiger partial charge in [-0.15, -0.1) is 0 Å². The molecule has 0 fully saturated rings. The fourth-order valence-electron chi connectivity index (χ4n) is 3.05. The minimum Gasteiger partial charge on any atom is -0.369 e. The Kier molecular flexibility index (Phi) is 8.27. The summed E-state index contributed by atoms with van der Waals surface area (Å²) in [5.74, 6) is 1.25. The van der Waals surface area contributed by atoms with Crippen molar-refractivity contribution in [3.8, 4) is 0 Å². The van der Waals surface area contributed by atoms with E-state index < -0.39 is 0 Å². The van der Waals surface area contributed by atoms with Crippen LogP contribution in [-0.4, -0.2) is 11.2 Å². The Morgan fingerprint density at radius 3 is 1.26 bits per heavy atom. The predicted molar refractivity (Wildman–Crippen MR) is 86.6 cm³/mol. The van der Waals surface area contributed by atoms with Crippen LogP contribution < -0.4 is 0 Å². The van der Waals surface area contributed by atoms with Crippen molar-refractivity contribution in [3.63, 3.8) is 0 Å². The first-order chi connectivity index (χ1) is 8.79. The van der Waals surface area contributed by atoms with Crippen LogP contribution in [0.2, 0.25) is 0 Å². The standard InChI is InChI=1S/C18H38O/c1-9-13-15(5)17(7,11-3)19-18(8,12-4)16(6)14-10-2/h15-16H,9-14H2,1-8H3. The molecule has 0 N–H and O–H groups in total. The van der Waals surface area contributed by atoms with Crippen LogP contribution in [0.15, 0.2) is 0 Å². The quantitative estimate of drug-likeness (QED) is 0.458. The zero-order valence-electron chi connectivity index (χ0n) is 14.8. The molecule has 0 aliphatic carbocycles. The first kappa shape index (κ1) is 19.0. The highest BCUT2D eigenvalue weighted by Gasteiger charge is 2.39. The summed E-state index contributed by atoms with van der Waals surface area (Å²) in [6, 6.07) is 0. The molecule has 0 radical (unpaired) electrons. The summed E-state index contributed by atoms with van der Waals surface area (Å²) in [6.45, 7) is 18.4. The van der Waals surface area contributed by atoms with Crippen LogP contribution in [0.1, 0.15) is 93.9 Å². The first-order valence-electron chi connectivity index (χ1n) is 8.49. The normalized spacial score (nSPS) is 21.5. The van der Waals surface area contributed by atoms with E-state index in [-0.39, 0.29) is 11.2 Å². The zero-order chi connectivity index (χ0) is 15.1. The highest BCUT2D eigenvalue weighted by atomic mass is 16.5. The third kappa shape index (κ3) is 5.10. The van der Waals surface area contributed by atoms with E-state index in [0.717, 1.165) is 12.8 Å². The Balaban J connectivity index is 4.98. The second kappa shape index (κ2) is 8.29. The van der Waals surface area contributed by atoms with E-state index in [1.165, 1.54) is 25.7 Å². The summed E-state index contributed by atoms with van der Waals surface area (Å²) in [4.78, 5) is 0. The van der Waals surface area contributed by atoms with Crippen molar-refractivity contribution >= 4 is 0 Å². The van der Waals surface area contributed by atoms with Gasteiger partial charge in [-0.25, -0.2) is 0 Å². The van der Waals surface area contributed by atoms with Crippen LogP contribution in [0.25, 0.3) is 0 Å². The summed E-state index contributed by atoms with van der Waals surface area (Å²) < 4.78 is 6.75. The molecule has 0 bridgehead atoms. The monoisotopic (exact) mass is 270 g/mol. The lowest BCUT2D eigenvalue weighted by Gasteiger charge is -2.46. The fourth-order valence-corrected chi connectivity index (χ4v) is 3.05. The SMILES string of the molecule is CCCC(C)C(C)(CC)OC(C)(CC)C(C)CCC. The zero-order valence-corrected chi connectivity index (χ0v) is 14.8. The minimum absolute atomic E-state index is 0.0166. The lowest BCUT2D eigenvalue weighted by Crippen LogP contribution is -2.47. The van der Waals surface area contributed by atoms with E-state index in [2.05, 4.69) is 55.4 Å². The summed E-state index contributed by atoms with van der Waals surface area (Å²) >= 11 is 0. The summed E-state index contributed by atoms with van der Waals surface area (Å²) in [5.41, 5.74) is 0.0333. The molecule has 19 heavy (non-hydrogen) atoms. The van der Waals surface area contributed by atoms with Crippen LogP contribution in [0.5, 0.6) is 0 Å². The van der Waals surface area contributed by atoms with Crippen LogP contribution >= 0.6 is 0 Å². The molecular formula is C18H38O. The second-order valence-corrected chi connectivity index (χ2v) is 6.81. The summed E-state index contributed by atoms with van der Waals surface area (Å²) in [5, 5.41) is 0. The molecule has 0 rings (SSSR count). The molecule has 4 atom stereocenters. The Hall–Kier alpha value is -0.0400. The molecular weight excluding hydrogens is 232 g/mol. The molecule has 0 saturated heterocycles. The van der Waals surface area contributed by atoms with E-state index in [1.807, 2.05) is 0 Å². The molecule has 4 unspecified atom stereocenters. The van der Waals surface area contributed by atoms with Gasteiger partial charge >= 0.3 is 0 Å². The largest absolute Gasteiger partial charge is 0.369 e. The van der Waals surface area contributed by atoms with Gasteiger partial charge in [-0.1, -0.05) is 54.4 Å². The van der Waals surface area contributed by atoms with Gasteiger partial charge in [0.05, 0.1) is 11.2 Å². The topological polar surface area (TPSA) is 9.23 Å². The third-order valence-corrected chi connectivity index (χ3v) is 5.40. The van der Waals surface area contributed by atoms with E-state index in [0.29, 0.717) is 11.8 Å². The number of hydrogen-bond acceptors (Lipinski definition) is 1. The van der Waals surface area contributed by atoms with Crippen LogP contribution in [0.4, 0.5) is 0 Å². The van der Waals surface area contributed by atoms with Gasteiger partial charge in [-0.05, 0) is 51.4 Å². The smallest absolute Gasteiger partial charge is 0.0684 e. The minimum atomic E-state index is 0.0166. The summed E-state index contributed by atoms with van der Waals surface area (Å²) in [6.07, 6.45) is 7.20. The predicted octanol–water partition coefficient (Wildman–Crippen LogP) is 6.21. The van der Waals surface area contributed by atoms with Crippen molar-refractivity contribution in [3.05, 3.63) is 0 Å². The van der Waals surface area contributed by atoms with Crippen molar-refractivity contribution in [2.75, 3.05) is 0 Å². The molecule has 0 saturated carbocycles. The van der Waals surface area contributed by atoms with Crippen molar-refractivity contribution < 1.29 is 4.74 Å². The average molecular weight is 271 g/mol. The second-order valence-electron chi connectivity index (χ2n) is 6.81. The molecule has 0 aromatic rings. The van der Waals surface area contributed by atoms with Gasteiger partial charge in [0.15, 0.2) is 0 Å². The average Bonchev–Trinajstić information content (AvgIpc) is 2.38. The highest BCUT2D eigenvalue weighted by molar-refractivity contribution is 4.88. The summed E-state index contributed by atoms with van der Waals surface area (Å²) in [7, 11) is 0. The van der Waals surface area contributed by atoms with E-state index in [9.17, 15) is 0 Å². The molecule has 0 heterocycles. The van der Waals surface area contributed by atoms with E-state index in [1.54, 1.807) is 0 Å². The first-order valence-corrected chi connectivity index (χ1v) is 8.49. The Morgan fingerprint density at radius 2 is 1.05 bits per heavy atom. The molecule has 1 heteroatoms. The Bertz CT molecular complexity index is 214. The molecule has 0 aliphatic heterocycles. The third-order valence-electron chi connectivity index (χ3n) is 5.40. The maximum absolute atomic E-state index is 6.75. The maximum Gasteiger partial charge on any atom is 0.0684 e. The molecule has 1 nitrogen and oxygen atoms in total. The van der Waals surface area contributed by atoms with Gasteiger partial charge in [-0.3, -0.25) is 0 Å². The molecule has 0 aliphatic rings. The molecule has 0 amide bonds. The number of hydrogen-bond donors (Lipinski definition) is 0. The van der Waals surface area contributed by atoms with Gasteiger partial charge in [0.25, 0.3) is 0 Å². The van der Waals surface area contributed by atoms with Gasteiger partial charge in [-0.2, -0.15) is 0 Å². The number of rotatable bonds is 10. The molecule has 0 aromatic carbocycles. The van der Waals surface area contributed by atoms with Crippen LogP contribution in [0.3, 0.4) is 0 Å². The lowest BCUT2D eigenvalue weighted by atomic mass is 9.80. The van der Waals surface area contributed by atoms with Crippen molar-refractivity contribution in [2.24, 2.45) is 11.8 Å². The molecule has 0 spiro atoms. The van der Waals surface area contributed by atoms with Gasteiger partial charge in [0.2, 0.25) is 0 Å². The molecule has 116 valence electrons. The lowest BCUT2D eigenvalue weighted by molar-refractivity contribution is -0.189. The Morgan fingerprint density at radius 1 is 0.737 bits per heavy atom. The maximum atomic E-state index is 6.75. The molecule has 0 aromatic heterocycles. The Labute approximate surface area is 122 Å². The van der Waals surface area contributed by atoms with Crippen molar-refractivity contribution in [1.82, 2.24) is 0 Å². The van der Waals surface area contributed by atoms with Crippen LogP contribution in [-0.2, 0) is 4.74 Å². The van der Waals surface area contributed by atoms with Gasteiger partial charge < -0.3 is 4.74 Å². The van der Waals surface area contributed by atoms with Crippen LogP contribution in [0, 0.1) is 11.8 Å².